The molecule has 1 aromatic heterocycles. The van der Waals surface area contributed by atoms with E-state index in [2.05, 4.69) is 12.2 Å². The molecule has 2 rings (SSSR count). The van der Waals surface area contributed by atoms with Crippen molar-refractivity contribution in [3.05, 3.63) is 71.2 Å². The summed E-state index contributed by atoms with van der Waals surface area (Å²) in [4.78, 5) is 12.2. The molecule has 104 valence electrons. The Balaban J connectivity index is 2.12. The fourth-order valence-corrected chi connectivity index (χ4v) is 2.10. The first kappa shape index (κ1) is 14.1. The topological polar surface area (TPSA) is 56.0 Å². The zero-order chi connectivity index (χ0) is 14.4. The van der Waals surface area contributed by atoms with Crippen molar-refractivity contribution in [2.24, 2.45) is 0 Å². The molecule has 0 unspecified atom stereocenters. The minimum Gasteiger partial charge on any atom is -0.619 e. The van der Waals surface area contributed by atoms with Gasteiger partial charge in [-0.25, -0.2) is 0 Å². The highest BCUT2D eigenvalue weighted by Crippen LogP contribution is 2.18. The normalized spacial score (nSPS) is 11.8. The lowest BCUT2D eigenvalue weighted by Gasteiger charge is -2.18. The van der Waals surface area contributed by atoms with Crippen LogP contribution in [0.2, 0.25) is 0 Å². The average Bonchev–Trinajstić information content (AvgIpc) is 2.48. The van der Waals surface area contributed by atoms with Crippen molar-refractivity contribution in [3.8, 4) is 0 Å². The number of rotatable bonds is 5. The maximum absolute atomic E-state index is 12.2. The number of benzene rings is 1. The molecule has 1 heterocycles. The number of nitrogens with one attached hydrogen (secondary N) is 1. The SMILES string of the molecule is CCC[C@H](NC(=O)c1cc[n+]([O-])cc1)c1ccccc1. The van der Waals surface area contributed by atoms with Crippen molar-refractivity contribution in [2.45, 2.75) is 25.8 Å². The second-order valence-electron chi connectivity index (χ2n) is 4.67. The number of hydrogen-bond acceptors (Lipinski definition) is 2. The first-order valence-electron chi connectivity index (χ1n) is 6.75. The van der Waals surface area contributed by atoms with Crippen LogP contribution in [-0.4, -0.2) is 5.91 Å². The van der Waals surface area contributed by atoms with Gasteiger partial charge in [-0.1, -0.05) is 43.7 Å². The third-order valence-corrected chi connectivity index (χ3v) is 3.15. The first-order chi connectivity index (χ1) is 9.70. The minimum absolute atomic E-state index is 0.00622. The lowest BCUT2D eigenvalue weighted by atomic mass is 10.0. The third-order valence-electron chi connectivity index (χ3n) is 3.15. The molecule has 0 radical (unpaired) electrons. The Morgan fingerprint density at radius 1 is 1.20 bits per heavy atom. The summed E-state index contributed by atoms with van der Waals surface area (Å²) in [7, 11) is 0. The molecule has 1 N–H and O–H groups in total. The van der Waals surface area contributed by atoms with E-state index in [1.54, 1.807) is 0 Å². The molecule has 0 fully saturated rings. The molecule has 4 heteroatoms. The van der Waals surface area contributed by atoms with E-state index in [0.29, 0.717) is 10.3 Å². The van der Waals surface area contributed by atoms with Crippen LogP contribution in [0.25, 0.3) is 0 Å². The van der Waals surface area contributed by atoms with E-state index in [0.717, 1.165) is 18.4 Å². The van der Waals surface area contributed by atoms with E-state index in [-0.39, 0.29) is 11.9 Å². The van der Waals surface area contributed by atoms with Gasteiger partial charge in [-0.3, -0.25) is 4.79 Å². The molecule has 0 aliphatic heterocycles. The number of carbonyl (C=O) groups is 1. The Labute approximate surface area is 118 Å². The molecule has 0 aliphatic rings. The van der Waals surface area contributed by atoms with Gasteiger partial charge in [0.1, 0.15) is 0 Å². The number of amides is 1. The van der Waals surface area contributed by atoms with Gasteiger partial charge in [-0.05, 0) is 12.0 Å². The predicted molar refractivity (Wildman–Crippen MR) is 77.0 cm³/mol. The second-order valence-corrected chi connectivity index (χ2v) is 4.67. The van der Waals surface area contributed by atoms with Crippen LogP contribution < -0.4 is 10.0 Å². The van der Waals surface area contributed by atoms with Gasteiger partial charge in [0.25, 0.3) is 5.91 Å². The first-order valence-corrected chi connectivity index (χ1v) is 6.75. The molecular weight excluding hydrogens is 252 g/mol. The Kier molecular flexibility index (Phi) is 4.71. The van der Waals surface area contributed by atoms with Gasteiger partial charge in [0, 0.05) is 12.1 Å². The van der Waals surface area contributed by atoms with Crippen molar-refractivity contribution < 1.29 is 9.52 Å². The van der Waals surface area contributed by atoms with Gasteiger partial charge in [0.15, 0.2) is 12.4 Å². The van der Waals surface area contributed by atoms with Crippen molar-refractivity contribution >= 4 is 5.91 Å². The fraction of sp³-hybridized carbons (Fsp3) is 0.250. The maximum Gasteiger partial charge on any atom is 0.252 e. The van der Waals surface area contributed by atoms with Gasteiger partial charge in [0.05, 0.1) is 11.6 Å². The summed E-state index contributed by atoms with van der Waals surface area (Å²) in [6.07, 6.45) is 4.51. The van der Waals surface area contributed by atoms with E-state index < -0.39 is 0 Å². The van der Waals surface area contributed by atoms with Crippen LogP contribution in [0.4, 0.5) is 0 Å². The standard InChI is InChI=1S/C16H18N2O2/c1-2-6-15(13-7-4-3-5-8-13)17-16(19)14-9-11-18(20)12-10-14/h3-5,7-12,15H,2,6H2,1H3,(H,17,19)/t15-/m0/s1. The van der Waals surface area contributed by atoms with Crippen LogP contribution in [-0.2, 0) is 0 Å². The third kappa shape index (κ3) is 3.57. The summed E-state index contributed by atoms with van der Waals surface area (Å²) < 4.78 is 0.664. The summed E-state index contributed by atoms with van der Waals surface area (Å²) in [5.41, 5.74) is 1.59. The Morgan fingerprint density at radius 3 is 2.45 bits per heavy atom. The molecule has 4 nitrogen and oxygen atoms in total. The molecule has 0 bridgehead atoms. The van der Waals surface area contributed by atoms with Crippen molar-refractivity contribution in [1.82, 2.24) is 5.32 Å². The van der Waals surface area contributed by atoms with E-state index in [4.69, 9.17) is 0 Å². The van der Waals surface area contributed by atoms with Crippen molar-refractivity contribution in [2.75, 3.05) is 0 Å². The van der Waals surface area contributed by atoms with E-state index >= 15 is 0 Å². The quantitative estimate of drug-likeness (QED) is 0.670. The van der Waals surface area contributed by atoms with Crippen molar-refractivity contribution in [3.63, 3.8) is 0 Å². The molecule has 0 aliphatic carbocycles. The number of nitrogens with zero attached hydrogens (tertiary/aromatic N) is 1. The molecule has 1 amide bonds. The molecular formula is C16H18N2O2. The van der Waals surface area contributed by atoms with Gasteiger partial charge >= 0.3 is 0 Å². The summed E-state index contributed by atoms with van der Waals surface area (Å²) in [5, 5.41) is 14.0. The predicted octanol–water partition coefficient (Wildman–Crippen LogP) is 2.59. The highest BCUT2D eigenvalue weighted by Gasteiger charge is 2.15. The van der Waals surface area contributed by atoms with Gasteiger partial charge in [-0.15, -0.1) is 0 Å². The van der Waals surface area contributed by atoms with Crippen molar-refractivity contribution in [1.29, 1.82) is 0 Å². The summed E-state index contributed by atoms with van der Waals surface area (Å²) in [6.45, 7) is 2.09. The monoisotopic (exact) mass is 270 g/mol. The minimum atomic E-state index is -0.159. The van der Waals surface area contributed by atoms with Crippen LogP contribution in [0.15, 0.2) is 54.9 Å². The smallest absolute Gasteiger partial charge is 0.252 e. The largest absolute Gasteiger partial charge is 0.619 e. The van der Waals surface area contributed by atoms with Crippen LogP contribution in [0.5, 0.6) is 0 Å². The van der Waals surface area contributed by atoms with Crippen LogP contribution in [0, 0.1) is 5.21 Å². The Hall–Kier alpha value is -2.36. The number of aromatic nitrogens is 1. The second kappa shape index (κ2) is 6.70. The summed E-state index contributed by atoms with van der Waals surface area (Å²) in [5.74, 6) is -0.159. The molecule has 0 saturated carbocycles. The number of carbonyl (C=O) groups excluding carboxylic acids is 1. The molecule has 1 atom stereocenters. The van der Waals surface area contributed by atoms with E-state index in [1.807, 2.05) is 30.3 Å². The summed E-state index contributed by atoms with van der Waals surface area (Å²) in [6, 6.07) is 13.0. The zero-order valence-corrected chi connectivity index (χ0v) is 11.5. The number of hydrogen-bond donors (Lipinski definition) is 1. The summed E-state index contributed by atoms with van der Waals surface area (Å²) >= 11 is 0. The van der Waals surface area contributed by atoms with Crippen LogP contribution in [0.3, 0.4) is 0 Å². The molecule has 20 heavy (non-hydrogen) atoms. The highest BCUT2D eigenvalue weighted by molar-refractivity contribution is 5.94. The average molecular weight is 270 g/mol. The number of pyridine rings is 1. The lowest BCUT2D eigenvalue weighted by Crippen LogP contribution is -2.30. The Bertz CT molecular complexity index is 552. The molecule has 0 saturated heterocycles. The van der Waals surface area contributed by atoms with E-state index in [9.17, 15) is 10.0 Å². The van der Waals surface area contributed by atoms with Crippen LogP contribution >= 0.6 is 0 Å². The maximum atomic E-state index is 12.2. The molecule has 0 spiro atoms. The Morgan fingerprint density at radius 2 is 1.85 bits per heavy atom. The van der Waals surface area contributed by atoms with E-state index in [1.165, 1.54) is 24.5 Å². The van der Waals surface area contributed by atoms with Crippen LogP contribution in [0.1, 0.15) is 41.7 Å². The molecule has 1 aromatic carbocycles. The lowest BCUT2D eigenvalue weighted by molar-refractivity contribution is -0.605. The highest BCUT2D eigenvalue weighted by atomic mass is 16.5. The van der Waals surface area contributed by atoms with Gasteiger partial charge < -0.3 is 10.5 Å². The molecule has 2 aromatic rings. The zero-order valence-electron chi connectivity index (χ0n) is 11.5. The van der Waals surface area contributed by atoms with Gasteiger partial charge in [0.2, 0.25) is 0 Å². The fourth-order valence-electron chi connectivity index (χ4n) is 2.10. The van der Waals surface area contributed by atoms with Gasteiger partial charge in [-0.2, -0.15) is 4.73 Å².